The van der Waals surface area contributed by atoms with Crippen LogP contribution in [0.5, 0.6) is 0 Å². The highest BCUT2D eigenvalue weighted by atomic mass is 32.1. The van der Waals surface area contributed by atoms with Crippen LogP contribution in [0.15, 0.2) is 5.38 Å². The van der Waals surface area contributed by atoms with Crippen molar-refractivity contribution in [3.8, 4) is 0 Å². The van der Waals surface area contributed by atoms with Crippen LogP contribution in [0, 0.1) is 0 Å². The first-order chi connectivity index (χ1) is 8.95. The molecular weight excluding hydrogens is 266 g/mol. The average molecular weight is 285 g/mol. The van der Waals surface area contributed by atoms with Crippen LogP contribution in [0.4, 0.5) is 5.13 Å². The van der Waals surface area contributed by atoms with Gasteiger partial charge in [0.25, 0.3) is 5.91 Å². The summed E-state index contributed by atoms with van der Waals surface area (Å²) in [6, 6.07) is 0.0324. The second kappa shape index (κ2) is 7.20. The van der Waals surface area contributed by atoms with Crippen molar-refractivity contribution < 1.29 is 14.7 Å². The smallest absolute Gasteiger partial charge is 0.273 e. The van der Waals surface area contributed by atoms with Gasteiger partial charge in [0.2, 0.25) is 5.91 Å². The molecule has 19 heavy (non-hydrogen) atoms. The third-order valence-electron chi connectivity index (χ3n) is 2.45. The molecule has 0 saturated heterocycles. The Labute approximate surface area is 116 Å². The Morgan fingerprint density at radius 3 is 2.74 bits per heavy atom. The van der Waals surface area contributed by atoms with Gasteiger partial charge in [-0.25, -0.2) is 4.98 Å². The number of aromatic nitrogens is 1. The van der Waals surface area contributed by atoms with Gasteiger partial charge in [-0.3, -0.25) is 9.59 Å². The summed E-state index contributed by atoms with van der Waals surface area (Å²) in [5.41, 5.74) is 0.320. The zero-order valence-electron chi connectivity index (χ0n) is 11.3. The highest BCUT2D eigenvalue weighted by Gasteiger charge is 2.21. The second-order valence-corrected chi connectivity index (χ2v) is 5.25. The lowest BCUT2D eigenvalue weighted by Crippen LogP contribution is -2.38. The van der Waals surface area contributed by atoms with Crippen LogP contribution < -0.4 is 5.32 Å². The summed E-state index contributed by atoms with van der Waals surface area (Å²) >= 11 is 1.22. The van der Waals surface area contributed by atoms with Crippen molar-refractivity contribution >= 4 is 28.3 Å². The van der Waals surface area contributed by atoms with Gasteiger partial charge in [-0.1, -0.05) is 0 Å². The number of aliphatic hydroxyl groups is 1. The predicted molar refractivity (Wildman–Crippen MR) is 74.3 cm³/mol. The summed E-state index contributed by atoms with van der Waals surface area (Å²) in [6.45, 7) is 5.75. The molecule has 1 heterocycles. The monoisotopic (exact) mass is 285 g/mol. The van der Waals surface area contributed by atoms with Crippen LogP contribution in [0.25, 0.3) is 0 Å². The first-order valence-electron chi connectivity index (χ1n) is 6.10. The van der Waals surface area contributed by atoms with E-state index in [2.05, 4.69) is 10.3 Å². The first-order valence-corrected chi connectivity index (χ1v) is 6.98. The maximum atomic E-state index is 12.3. The van der Waals surface area contributed by atoms with Gasteiger partial charge >= 0.3 is 0 Å². The van der Waals surface area contributed by atoms with Crippen molar-refractivity contribution in [3.63, 3.8) is 0 Å². The quantitative estimate of drug-likeness (QED) is 0.826. The number of thiazole rings is 1. The van der Waals surface area contributed by atoms with E-state index in [0.29, 0.717) is 23.8 Å². The first kappa shape index (κ1) is 15.6. The Kier molecular flexibility index (Phi) is 5.91. The number of aliphatic hydroxyl groups excluding tert-OH is 1. The van der Waals surface area contributed by atoms with E-state index in [1.165, 1.54) is 18.3 Å². The van der Waals surface area contributed by atoms with E-state index in [1.54, 1.807) is 10.3 Å². The Morgan fingerprint density at radius 1 is 1.53 bits per heavy atom. The standard InChI is InChI=1S/C12H19N3O3S/c1-8(2)15(5-4-6-16)11(18)10-7-19-12(14-10)13-9(3)17/h7-8,16H,4-6H2,1-3H3,(H,13,14,17). The zero-order valence-corrected chi connectivity index (χ0v) is 12.2. The molecule has 2 amide bonds. The van der Waals surface area contributed by atoms with E-state index < -0.39 is 0 Å². The van der Waals surface area contributed by atoms with Gasteiger partial charge in [0.15, 0.2) is 5.13 Å². The van der Waals surface area contributed by atoms with Gasteiger partial charge in [-0.05, 0) is 20.3 Å². The molecule has 1 aromatic heterocycles. The Balaban J connectivity index is 2.78. The average Bonchev–Trinajstić information content (AvgIpc) is 2.76. The van der Waals surface area contributed by atoms with E-state index in [-0.39, 0.29) is 24.5 Å². The molecule has 0 spiro atoms. The van der Waals surface area contributed by atoms with Crippen LogP contribution in [0.2, 0.25) is 0 Å². The molecule has 2 N–H and O–H groups in total. The lowest BCUT2D eigenvalue weighted by Gasteiger charge is -2.25. The molecule has 0 radical (unpaired) electrons. The molecule has 0 aliphatic heterocycles. The molecule has 0 unspecified atom stereocenters. The van der Waals surface area contributed by atoms with Gasteiger partial charge in [-0.15, -0.1) is 11.3 Å². The van der Waals surface area contributed by atoms with Gasteiger partial charge in [-0.2, -0.15) is 0 Å². The van der Waals surface area contributed by atoms with Crippen molar-refractivity contribution in [1.82, 2.24) is 9.88 Å². The molecule has 1 aromatic rings. The summed E-state index contributed by atoms with van der Waals surface area (Å²) in [4.78, 5) is 28.9. The van der Waals surface area contributed by atoms with Crippen molar-refractivity contribution in [2.75, 3.05) is 18.5 Å². The van der Waals surface area contributed by atoms with E-state index in [9.17, 15) is 9.59 Å². The number of amides is 2. The fourth-order valence-electron chi connectivity index (χ4n) is 1.56. The molecule has 0 aliphatic rings. The molecule has 0 atom stereocenters. The minimum absolute atomic E-state index is 0.0324. The highest BCUT2D eigenvalue weighted by molar-refractivity contribution is 7.14. The second-order valence-electron chi connectivity index (χ2n) is 4.39. The fourth-order valence-corrected chi connectivity index (χ4v) is 2.29. The molecule has 6 nitrogen and oxygen atoms in total. The van der Waals surface area contributed by atoms with E-state index in [4.69, 9.17) is 5.11 Å². The number of hydrogen-bond acceptors (Lipinski definition) is 5. The number of nitrogens with one attached hydrogen (secondary N) is 1. The number of hydrogen-bond donors (Lipinski definition) is 2. The molecule has 7 heteroatoms. The van der Waals surface area contributed by atoms with Crippen LogP contribution in [-0.2, 0) is 4.79 Å². The molecule has 0 aromatic carbocycles. The lowest BCUT2D eigenvalue weighted by atomic mass is 10.2. The van der Waals surface area contributed by atoms with Crippen LogP contribution >= 0.6 is 11.3 Å². The van der Waals surface area contributed by atoms with Crippen molar-refractivity contribution in [2.24, 2.45) is 0 Å². The summed E-state index contributed by atoms with van der Waals surface area (Å²) in [6.07, 6.45) is 0.534. The van der Waals surface area contributed by atoms with E-state index in [0.717, 1.165) is 0 Å². The summed E-state index contributed by atoms with van der Waals surface area (Å²) < 4.78 is 0. The highest BCUT2D eigenvalue weighted by Crippen LogP contribution is 2.17. The lowest BCUT2D eigenvalue weighted by molar-refractivity contribution is -0.114. The Hall–Kier alpha value is -1.47. The number of nitrogens with zero attached hydrogens (tertiary/aromatic N) is 2. The van der Waals surface area contributed by atoms with Gasteiger partial charge < -0.3 is 15.3 Å². The third kappa shape index (κ3) is 4.60. The zero-order chi connectivity index (χ0) is 14.4. The number of anilines is 1. The van der Waals surface area contributed by atoms with Gasteiger partial charge in [0, 0.05) is 31.5 Å². The Bertz CT molecular complexity index is 445. The van der Waals surface area contributed by atoms with Crippen LogP contribution in [-0.4, -0.2) is 46.0 Å². The molecule has 0 saturated carbocycles. The summed E-state index contributed by atoms with van der Waals surface area (Å²) in [5.74, 6) is -0.398. The molecule has 106 valence electrons. The minimum Gasteiger partial charge on any atom is -0.396 e. The predicted octanol–water partition coefficient (Wildman–Crippen LogP) is 1.33. The molecular formula is C12H19N3O3S. The fraction of sp³-hybridized carbons (Fsp3) is 0.583. The molecule has 0 fully saturated rings. The van der Waals surface area contributed by atoms with Crippen molar-refractivity contribution in [3.05, 3.63) is 11.1 Å². The number of carbonyl (C=O) groups excluding carboxylic acids is 2. The minimum atomic E-state index is -0.214. The van der Waals surface area contributed by atoms with E-state index in [1.807, 2.05) is 13.8 Å². The van der Waals surface area contributed by atoms with Crippen molar-refractivity contribution in [2.45, 2.75) is 33.2 Å². The number of rotatable bonds is 6. The normalized spacial score (nSPS) is 10.6. The Morgan fingerprint density at radius 2 is 2.21 bits per heavy atom. The maximum Gasteiger partial charge on any atom is 0.273 e. The largest absolute Gasteiger partial charge is 0.396 e. The SMILES string of the molecule is CC(=O)Nc1nc(C(=O)N(CCCO)C(C)C)cs1. The van der Waals surface area contributed by atoms with Crippen molar-refractivity contribution in [1.29, 1.82) is 0 Å². The third-order valence-corrected chi connectivity index (χ3v) is 3.21. The topological polar surface area (TPSA) is 82.5 Å². The molecule has 1 rings (SSSR count). The van der Waals surface area contributed by atoms with Crippen LogP contribution in [0.1, 0.15) is 37.7 Å². The molecule has 0 aliphatic carbocycles. The van der Waals surface area contributed by atoms with E-state index >= 15 is 0 Å². The van der Waals surface area contributed by atoms with Crippen LogP contribution in [0.3, 0.4) is 0 Å². The van der Waals surface area contributed by atoms with Gasteiger partial charge in [0.1, 0.15) is 5.69 Å². The summed E-state index contributed by atoms with van der Waals surface area (Å²) in [5, 5.41) is 13.4. The molecule has 0 bridgehead atoms. The maximum absolute atomic E-state index is 12.3. The van der Waals surface area contributed by atoms with Gasteiger partial charge in [0.05, 0.1) is 0 Å². The number of carbonyl (C=O) groups is 2. The summed E-state index contributed by atoms with van der Waals surface area (Å²) in [7, 11) is 0.